The van der Waals surface area contributed by atoms with Crippen molar-refractivity contribution >= 4 is 25.8 Å². The number of hydrogen-bond donors (Lipinski definition) is 0. The van der Waals surface area contributed by atoms with Gasteiger partial charge in [-0.15, -0.1) is 6.58 Å². The first kappa shape index (κ1) is 21.4. The summed E-state index contributed by atoms with van der Waals surface area (Å²) < 4.78 is 10.7. The summed E-state index contributed by atoms with van der Waals surface area (Å²) in [6.07, 6.45) is 2.67. The van der Waals surface area contributed by atoms with E-state index in [4.69, 9.17) is 9.96 Å². The molecule has 1 atom stereocenters. The molecule has 130 valence electrons. The third-order valence-corrected chi connectivity index (χ3v) is 8.65. The van der Waals surface area contributed by atoms with Crippen LogP contribution >= 0.6 is 0 Å². The highest BCUT2D eigenvalue weighted by Gasteiger charge is 2.40. The van der Waals surface area contributed by atoms with Gasteiger partial charge < -0.3 is 14.7 Å². The van der Waals surface area contributed by atoms with Crippen LogP contribution < -0.4 is 0 Å². The largest absolute Gasteiger partial charge is 0.460 e. The van der Waals surface area contributed by atoms with E-state index in [2.05, 4.69) is 50.0 Å². The first-order valence-corrected chi connectivity index (χ1v) is 10.5. The molecular weight excluding hydrogens is 312 g/mol. The molecule has 6 nitrogen and oxygen atoms in total. The number of carbonyl (C=O) groups is 2. The van der Waals surface area contributed by atoms with Crippen molar-refractivity contribution in [1.29, 1.82) is 0 Å². The van der Waals surface area contributed by atoms with Crippen LogP contribution in [0.1, 0.15) is 40.0 Å². The second kappa shape index (κ2) is 8.91. The minimum absolute atomic E-state index is 0.00127. The molecule has 0 aromatic carbocycles. The molecule has 7 heteroatoms. The van der Waals surface area contributed by atoms with Gasteiger partial charge in [0, 0.05) is 6.42 Å². The van der Waals surface area contributed by atoms with Crippen LogP contribution in [0.3, 0.4) is 0 Å². The number of Topliss-reactive ketones (excluding diaryl/α,β-unsaturated/α-hetero) is 1. The van der Waals surface area contributed by atoms with Gasteiger partial charge in [-0.25, -0.2) is 4.79 Å². The molecule has 0 aliphatic carbocycles. The van der Waals surface area contributed by atoms with Gasteiger partial charge in [-0.1, -0.05) is 26.8 Å². The lowest BCUT2D eigenvalue weighted by Gasteiger charge is -2.39. The predicted octanol–water partition coefficient (Wildman–Crippen LogP) is 3.15. The van der Waals surface area contributed by atoms with Crippen LogP contribution in [-0.4, -0.2) is 43.8 Å². The number of nitrogens with zero attached hydrogens (tertiary/aromatic N) is 2. The van der Waals surface area contributed by atoms with Crippen molar-refractivity contribution in [2.24, 2.45) is 0 Å². The van der Waals surface area contributed by atoms with E-state index in [1.165, 1.54) is 0 Å². The summed E-state index contributed by atoms with van der Waals surface area (Å²) in [6.45, 7) is 14.2. The summed E-state index contributed by atoms with van der Waals surface area (Å²) in [6, 6.07) is 0. The Labute approximate surface area is 139 Å². The highest BCUT2D eigenvalue weighted by atomic mass is 28.4. The molecule has 0 aliphatic rings. The topological polar surface area (TPSA) is 89.0 Å². The van der Waals surface area contributed by atoms with E-state index in [1.54, 1.807) is 6.08 Å². The van der Waals surface area contributed by atoms with Gasteiger partial charge in [0.25, 0.3) is 5.78 Å². The first-order chi connectivity index (χ1) is 10.5. The minimum atomic E-state index is -2.07. The number of ether oxygens (including phenoxy) is 1. The number of allylic oxidation sites excluding steroid dienone is 1. The molecule has 0 heterocycles. The summed E-state index contributed by atoms with van der Waals surface area (Å²) >= 11 is 0. The maximum absolute atomic E-state index is 12.2. The molecule has 0 saturated carbocycles. The summed E-state index contributed by atoms with van der Waals surface area (Å²) in [7, 11) is -0.943. The Bertz CT molecular complexity index is 503. The van der Waals surface area contributed by atoms with Crippen LogP contribution in [0.25, 0.3) is 5.53 Å². The third-order valence-electron chi connectivity index (χ3n) is 4.12. The van der Waals surface area contributed by atoms with Crippen molar-refractivity contribution < 1.29 is 23.5 Å². The Kier molecular flexibility index (Phi) is 8.30. The van der Waals surface area contributed by atoms with E-state index in [0.717, 1.165) is 7.11 Å². The fourth-order valence-electron chi connectivity index (χ4n) is 1.71. The molecule has 0 fully saturated rings. The lowest BCUT2D eigenvalue weighted by molar-refractivity contribution is -0.139. The van der Waals surface area contributed by atoms with Crippen LogP contribution in [0, 0.1) is 0 Å². The Morgan fingerprint density at radius 1 is 1.35 bits per heavy atom. The smallest absolute Gasteiger partial charge is 0.441 e. The van der Waals surface area contributed by atoms with Crippen molar-refractivity contribution in [3.63, 3.8) is 0 Å². The van der Waals surface area contributed by atoms with Gasteiger partial charge in [-0.3, -0.25) is 4.79 Å². The maximum atomic E-state index is 12.2. The lowest BCUT2D eigenvalue weighted by atomic mass is 10.1. The Balaban J connectivity index is 5.20. The molecule has 0 saturated heterocycles. The van der Waals surface area contributed by atoms with E-state index < -0.39 is 25.8 Å². The van der Waals surface area contributed by atoms with Gasteiger partial charge in [-0.05, 0) is 31.0 Å². The fraction of sp³-hybridized carbons (Fsp3) is 0.688. The number of hydrogen-bond acceptors (Lipinski definition) is 4. The molecule has 0 aliphatic heterocycles. The number of esters is 1. The zero-order valence-corrected chi connectivity index (χ0v) is 16.0. The molecule has 0 amide bonds. The fourth-order valence-corrected chi connectivity index (χ4v) is 3.10. The zero-order chi connectivity index (χ0) is 18.3. The Morgan fingerprint density at radius 2 is 1.91 bits per heavy atom. The summed E-state index contributed by atoms with van der Waals surface area (Å²) in [5.74, 6) is -1.54. The summed E-state index contributed by atoms with van der Waals surface area (Å²) in [4.78, 5) is 26.4. The summed E-state index contributed by atoms with van der Waals surface area (Å²) in [5, 5.41) is -0.00127. The van der Waals surface area contributed by atoms with E-state index in [-0.39, 0.29) is 17.6 Å². The van der Waals surface area contributed by atoms with Crippen molar-refractivity contribution in [2.75, 3.05) is 7.11 Å². The normalized spacial score (nSPS) is 13.0. The van der Waals surface area contributed by atoms with Gasteiger partial charge in [0.15, 0.2) is 8.32 Å². The maximum Gasteiger partial charge on any atom is 0.441 e. The van der Waals surface area contributed by atoms with Gasteiger partial charge in [0.05, 0.1) is 13.2 Å². The third kappa shape index (κ3) is 6.60. The van der Waals surface area contributed by atoms with Crippen molar-refractivity contribution in [3.8, 4) is 0 Å². The Morgan fingerprint density at radius 3 is 2.30 bits per heavy atom. The van der Waals surface area contributed by atoms with E-state index >= 15 is 0 Å². The van der Waals surface area contributed by atoms with Crippen LogP contribution in [0.4, 0.5) is 0 Å². The van der Waals surface area contributed by atoms with Crippen LogP contribution in [-0.2, 0) is 18.8 Å². The van der Waals surface area contributed by atoms with Crippen molar-refractivity contribution in [3.05, 3.63) is 18.2 Å². The second-order valence-electron chi connectivity index (χ2n) is 6.93. The zero-order valence-electron chi connectivity index (χ0n) is 15.0. The van der Waals surface area contributed by atoms with E-state index in [1.807, 2.05) is 0 Å². The van der Waals surface area contributed by atoms with E-state index in [0.29, 0.717) is 12.8 Å². The van der Waals surface area contributed by atoms with E-state index in [9.17, 15) is 9.59 Å². The molecule has 0 spiro atoms. The van der Waals surface area contributed by atoms with Crippen LogP contribution in [0.5, 0.6) is 0 Å². The molecule has 0 rings (SSSR count). The number of ketones is 1. The highest BCUT2D eigenvalue weighted by Crippen LogP contribution is 2.38. The first-order valence-electron chi connectivity index (χ1n) is 7.62. The predicted molar refractivity (Wildman–Crippen MR) is 91.8 cm³/mol. The second-order valence-corrected chi connectivity index (χ2v) is 11.7. The number of rotatable bonds is 9. The quantitative estimate of drug-likeness (QED) is 0.123. The summed E-state index contributed by atoms with van der Waals surface area (Å²) in [5.41, 5.74) is 8.26. The monoisotopic (exact) mass is 340 g/mol. The minimum Gasteiger partial charge on any atom is -0.460 e. The molecule has 23 heavy (non-hydrogen) atoms. The number of carbonyl (C=O) groups excluding carboxylic acids is 2. The average molecular weight is 340 g/mol. The van der Waals surface area contributed by atoms with Crippen LogP contribution in [0.2, 0.25) is 18.1 Å². The molecule has 1 unspecified atom stereocenters. The average Bonchev–Trinajstić information content (AvgIpc) is 2.43. The number of methoxy groups -OCH3 is 1. The van der Waals surface area contributed by atoms with Crippen molar-refractivity contribution in [2.45, 2.75) is 64.3 Å². The molecular formula is C16H28N2O4Si. The standard InChI is InChI=1S/C16H28N2O4Si/c1-8-9-10-12(22-23(6,7)16(2,3)4)11-13(19)14(18-17)15(20)21-5/h8,12H,1,9-11H2,2-7H3. The van der Waals surface area contributed by atoms with Crippen molar-refractivity contribution in [1.82, 2.24) is 0 Å². The SMILES string of the molecule is C=CCCC(CC(=O)C(=[N+]=[N-])C(=O)OC)O[Si](C)(C)C(C)(C)C. The van der Waals surface area contributed by atoms with Gasteiger partial charge in [0.2, 0.25) is 0 Å². The lowest BCUT2D eigenvalue weighted by Crippen LogP contribution is -2.45. The van der Waals surface area contributed by atoms with Gasteiger partial charge in [-0.2, -0.15) is 4.79 Å². The highest BCUT2D eigenvalue weighted by molar-refractivity contribution is 6.74. The van der Waals surface area contributed by atoms with Gasteiger partial charge in [0.1, 0.15) is 0 Å². The molecule has 0 aromatic heterocycles. The molecule has 0 aromatic rings. The Hall–Kier alpha value is -1.56. The molecule has 0 radical (unpaired) electrons. The molecule has 0 N–H and O–H groups in total. The van der Waals surface area contributed by atoms with Gasteiger partial charge >= 0.3 is 11.7 Å². The molecule has 0 bridgehead atoms. The van der Waals surface area contributed by atoms with Crippen LogP contribution in [0.15, 0.2) is 12.7 Å².